The minimum absolute atomic E-state index is 0.0197. The summed E-state index contributed by atoms with van der Waals surface area (Å²) in [7, 11) is 3.80. The normalized spacial score (nSPS) is 16.5. The van der Waals surface area contributed by atoms with E-state index in [0.29, 0.717) is 47.9 Å². The lowest BCUT2D eigenvalue weighted by Crippen LogP contribution is -2.53. The van der Waals surface area contributed by atoms with Crippen molar-refractivity contribution in [3.8, 4) is 0 Å². The van der Waals surface area contributed by atoms with E-state index in [0.717, 1.165) is 0 Å². The Labute approximate surface area is 229 Å². The van der Waals surface area contributed by atoms with Gasteiger partial charge in [0.25, 0.3) is 5.91 Å². The molecule has 3 atom stereocenters. The van der Waals surface area contributed by atoms with Crippen LogP contribution in [0.15, 0.2) is 42.5 Å². The molecule has 0 radical (unpaired) electrons. The van der Waals surface area contributed by atoms with Gasteiger partial charge >= 0.3 is 0 Å². The molecule has 0 saturated carbocycles. The molecule has 1 aliphatic heterocycles. The van der Waals surface area contributed by atoms with Crippen molar-refractivity contribution < 1.29 is 24.2 Å². The van der Waals surface area contributed by atoms with Gasteiger partial charge in [-0.2, -0.15) is 0 Å². The molecule has 1 aliphatic rings. The average Bonchev–Trinajstić information content (AvgIpc) is 2.89. The van der Waals surface area contributed by atoms with Crippen molar-refractivity contribution >= 4 is 29.1 Å². The van der Waals surface area contributed by atoms with Gasteiger partial charge in [-0.05, 0) is 43.8 Å². The number of hydrogen-bond donors (Lipinski definition) is 3. The van der Waals surface area contributed by atoms with Crippen LogP contribution in [0.3, 0.4) is 0 Å². The maximum Gasteiger partial charge on any atom is 0.254 e. The van der Waals surface area contributed by atoms with Gasteiger partial charge in [-0.15, -0.1) is 0 Å². The van der Waals surface area contributed by atoms with E-state index < -0.39 is 23.9 Å². The number of aliphatic hydroxyl groups is 2. The third-order valence-corrected chi connectivity index (χ3v) is 7.05. The minimum atomic E-state index is -1.63. The summed E-state index contributed by atoms with van der Waals surface area (Å²) in [6.45, 7) is 5.75. The van der Waals surface area contributed by atoms with Crippen LogP contribution in [0.1, 0.15) is 43.5 Å². The number of nitrogens with zero attached hydrogens (tertiary/aromatic N) is 3. The predicted molar refractivity (Wildman–Crippen MR) is 147 cm³/mol. The molecule has 0 aromatic heterocycles. The highest BCUT2D eigenvalue weighted by atomic mass is 35.5. The summed E-state index contributed by atoms with van der Waals surface area (Å²) in [6.07, 6.45) is -2.68. The highest BCUT2D eigenvalue weighted by Crippen LogP contribution is 2.34. The van der Waals surface area contributed by atoms with Gasteiger partial charge in [0.05, 0.1) is 11.7 Å². The van der Waals surface area contributed by atoms with Crippen LogP contribution in [0.4, 0.5) is 10.1 Å². The lowest BCUT2D eigenvalue weighted by atomic mass is 9.93. The van der Waals surface area contributed by atoms with E-state index in [9.17, 15) is 19.8 Å². The molecule has 8 nitrogen and oxygen atoms in total. The Kier molecular flexibility index (Phi) is 10.5. The third-order valence-electron chi connectivity index (χ3n) is 6.79. The van der Waals surface area contributed by atoms with E-state index in [-0.39, 0.29) is 31.0 Å². The number of carbonyl (C=O) groups is 2. The molecule has 3 rings (SSSR count). The highest BCUT2D eigenvalue weighted by Gasteiger charge is 2.33. The van der Waals surface area contributed by atoms with Crippen LogP contribution < -0.4 is 10.2 Å². The Hall–Kier alpha value is -2.72. The standard InChI is InChI=1S/C28H38ClFN4O4/c1-18(2)24(31-23(35)12-13-32(3)4)21-6-5-7-22(30)25(21)33-14-16-34(17-15-33)28(38)27(37)26(36)19-8-10-20(29)11-9-19/h5-11,18,24,26-27,36-37H,12-17H2,1-4H3,(H,31,35)/t24-,26+,27-/m0/s1. The molecule has 0 bridgehead atoms. The topological polar surface area (TPSA) is 96.4 Å². The Balaban J connectivity index is 1.71. The maximum absolute atomic E-state index is 15.2. The number of piperazine rings is 1. The summed E-state index contributed by atoms with van der Waals surface area (Å²) >= 11 is 5.88. The molecule has 208 valence electrons. The molecule has 1 heterocycles. The number of halogens is 2. The van der Waals surface area contributed by atoms with Crippen molar-refractivity contribution in [2.75, 3.05) is 51.7 Å². The van der Waals surface area contributed by atoms with Gasteiger partial charge < -0.3 is 30.2 Å². The van der Waals surface area contributed by atoms with E-state index in [1.54, 1.807) is 30.3 Å². The zero-order chi connectivity index (χ0) is 28.0. The quantitative estimate of drug-likeness (QED) is 0.422. The second-order valence-electron chi connectivity index (χ2n) is 10.3. The number of carbonyl (C=O) groups excluding carboxylic acids is 2. The third kappa shape index (κ3) is 7.44. The average molecular weight is 549 g/mol. The van der Waals surface area contributed by atoms with Crippen molar-refractivity contribution in [2.24, 2.45) is 5.92 Å². The first-order chi connectivity index (χ1) is 18.0. The van der Waals surface area contributed by atoms with Gasteiger partial charge in [-0.3, -0.25) is 9.59 Å². The molecule has 0 unspecified atom stereocenters. The van der Waals surface area contributed by atoms with Gasteiger partial charge in [-0.1, -0.05) is 49.7 Å². The van der Waals surface area contributed by atoms with Crippen LogP contribution in [-0.2, 0) is 9.59 Å². The molecule has 10 heteroatoms. The number of benzene rings is 2. The lowest BCUT2D eigenvalue weighted by molar-refractivity contribution is -0.146. The first kappa shape index (κ1) is 29.8. The predicted octanol–water partition coefficient (Wildman–Crippen LogP) is 2.99. The fourth-order valence-electron chi connectivity index (χ4n) is 4.61. The fraction of sp³-hybridized carbons (Fsp3) is 0.500. The summed E-state index contributed by atoms with van der Waals surface area (Å²) in [5.41, 5.74) is 1.49. The largest absolute Gasteiger partial charge is 0.385 e. The molecule has 1 fully saturated rings. The van der Waals surface area contributed by atoms with Crippen molar-refractivity contribution in [3.63, 3.8) is 0 Å². The fourth-order valence-corrected chi connectivity index (χ4v) is 4.73. The number of para-hydroxylation sites is 1. The number of aliphatic hydroxyl groups excluding tert-OH is 2. The molecular formula is C28H38ClFN4O4. The van der Waals surface area contributed by atoms with E-state index in [1.807, 2.05) is 43.8 Å². The van der Waals surface area contributed by atoms with Crippen molar-refractivity contribution in [3.05, 3.63) is 64.4 Å². The highest BCUT2D eigenvalue weighted by molar-refractivity contribution is 6.30. The smallest absolute Gasteiger partial charge is 0.254 e. The first-order valence-electron chi connectivity index (χ1n) is 12.9. The number of anilines is 1. The van der Waals surface area contributed by atoms with Gasteiger partial charge in [0.1, 0.15) is 11.9 Å². The summed E-state index contributed by atoms with van der Waals surface area (Å²) in [5, 5.41) is 24.6. The van der Waals surface area contributed by atoms with Crippen LogP contribution in [0, 0.1) is 11.7 Å². The number of amides is 2. The number of rotatable bonds is 10. The van der Waals surface area contributed by atoms with Crippen molar-refractivity contribution in [2.45, 2.75) is 38.5 Å². The van der Waals surface area contributed by atoms with Crippen LogP contribution >= 0.6 is 11.6 Å². The molecule has 3 N–H and O–H groups in total. The van der Waals surface area contributed by atoms with Gasteiger partial charge in [-0.25, -0.2) is 4.39 Å². The van der Waals surface area contributed by atoms with Gasteiger partial charge in [0.2, 0.25) is 5.91 Å². The Morgan fingerprint density at radius 1 is 1.05 bits per heavy atom. The van der Waals surface area contributed by atoms with E-state index in [1.165, 1.54) is 11.0 Å². The van der Waals surface area contributed by atoms with Gasteiger partial charge in [0, 0.05) is 49.7 Å². The molecule has 38 heavy (non-hydrogen) atoms. The Bertz CT molecular complexity index is 1090. The molecule has 1 saturated heterocycles. The number of nitrogens with one attached hydrogen (secondary N) is 1. The molecule has 0 spiro atoms. The van der Waals surface area contributed by atoms with Crippen LogP contribution in [0.5, 0.6) is 0 Å². The van der Waals surface area contributed by atoms with Gasteiger partial charge in [0.15, 0.2) is 6.10 Å². The molecule has 0 aliphatic carbocycles. The van der Waals surface area contributed by atoms with E-state index >= 15 is 4.39 Å². The molecule has 2 aromatic rings. The van der Waals surface area contributed by atoms with Crippen molar-refractivity contribution in [1.82, 2.24) is 15.1 Å². The maximum atomic E-state index is 15.2. The molecule has 2 amide bonds. The summed E-state index contributed by atoms with van der Waals surface area (Å²) in [4.78, 5) is 30.8. The van der Waals surface area contributed by atoms with E-state index in [2.05, 4.69) is 5.32 Å². The molecule has 2 aromatic carbocycles. The van der Waals surface area contributed by atoms with Crippen LogP contribution in [-0.4, -0.2) is 84.8 Å². The molecular weight excluding hydrogens is 511 g/mol. The lowest BCUT2D eigenvalue weighted by Gasteiger charge is -2.39. The zero-order valence-corrected chi connectivity index (χ0v) is 23.2. The summed E-state index contributed by atoms with van der Waals surface area (Å²) in [5.74, 6) is -1.06. The van der Waals surface area contributed by atoms with Crippen molar-refractivity contribution in [1.29, 1.82) is 0 Å². The zero-order valence-electron chi connectivity index (χ0n) is 22.4. The first-order valence-corrected chi connectivity index (χ1v) is 13.2. The minimum Gasteiger partial charge on any atom is -0.385 e. The van der Waals surface area contributed by atoms with Crippen LogP contribution in [0.25, 0.3) is 0 Å². The summed E-state index contributed by atoms with van der Waals surface area (Å²) in [6, 6.07) is 10.8. The second kappa shape index (κ2) is 13.4. The summed E-state index contributed by atoms with van der Waals surface area (Å²) < 4.78 is 15.2. The monoisotopic (exact) mass is 548 g/mol. The second-order valence-corrected chi connectivity index (χ2v) is 10.7. The number of hydrogen-bond acceptors (Lipinski definition) is 6. The Morgan fingerprint density at radius 3 is 2.26 bits per heavy atom. The van der Waals surface area contributed by atoms with E-state index in [4.69, 9.17) is 11.6 Å². The SMILES string of the molecule is CC(C)[C@H](NC(=O)CCN(C)C)c1cccc(F)c1N1CCN(C(=O)[C@@H](O)[C@H](O)c2ccc(Cl)cc2)CC1. The Morgan fingerprint density at radius 2 is 1.68 bits per heavy atom. The van der Waals surface area contributed by atoms with Crippen LogP contribution in [0.2, 0.25) is 5.02 Å².